The van der Waals surface area contributed by atoms with E-state index in [0.29, 0.717) is 12.6 Å². The minimum atomic E-state index is -1.04. The van der Waals surface area contributed by atoms with Gasteiger partial charge in [-0.05, 0) is 61.8 Å². The quantitative estimate of drug-likeness (QED) is 0.555. The summed E-state index contributed by atoms with van der Waals surface area (Å²) in [6.07, 6.45) is 5.80. The fraction of sp³-hybridized carbons (Fsp3) is 0.440. The SMILES string of the molecule is Cc1ccnc(-c2cn3c(n2)-c2cc([S+]([O-])C4CCN(C(C)C)CC4)ccc2OCC3)c1. The molecule has 1 unspecified atom stereocenters. The average Bonchev–Trinajstić information content (AvgIpc) is 3.15. The average molecular weight is 451 g/mol. The second-order valence-corrected chi connectivity index (χ2v) is 10.7. The number of hydrogen-bond acceptors (Lipinski definition) is 5. The molecule has 168 valence electrons. The van der Waals surface area contributed by atoms with Crippen LogP contribution >= 0.6 is 0 Å². The second kappa shape index (κ2) is 8.89. The molecule has 1 aromatic carbocycles. The van der Waals surface area contributed by atoms with Crippen LogP contribution < -0.4 is 4.74 Å². The Morgan fingerprint density at radius 1 is 1.09 bits per heavy atom. The summed E-state index contributed by atoms with van der Waals surface area (Å²) in [6.45, 7) is 9.84. The predicted molar refractivity (Wildman–Crippen MR) is 127 cm³/mol. The lowest BCUT2D eigenvalue weighted by atomic mass is 10.1. The highest BCUT2D eigenvalue weighted by molar-refractivity contribution is 7.92. The van der Waals surface area contributed by atoms with Gasteiger partial charge in [-0.15, -0.1) is 0 Å². The summed E-state index contributed by atoms with van der Waals surface area (Å²) in [5.41, 5.74) is 3.78. The summed E-state index contributed by atoms with van der Waals surface area (Å²) in [4.78, 5) is 12.8. The molecule has 0 bridgehead atoms. The van der Waals surface area contributed by atoms with Gasteiger partial charge >= 0.3 is 0 Å². The molecular formula is C25H30N4O2S. The maximum absolute atomic E-state index is 13.4. The fourth-order valence-electron chi connectivity index (χ4n) is 4.59. The molecule has 0 radical (unpaired) electrons. The van der Waals surface area contributed by atoms with Crippen molar-refractivity contribution < 1.29 is 9.29 Å². The van der Waals surface area contributed by atoms with E-state index in [1.807, 2.05) is 36.7 Å². The van der Waals surface area contributed by atoms with Crippen molar-refractivity contribution in [2.75, 3.05) is 19.7 Å². The maximum Gasteiger partial charge on any atom is 0.153 e. The van der Waals surface area contributed by atoms with E-state index < -0.39 is 11.2 Å². The smallest absolute Gasteiger partial charge is 0.153 e. The Hall–Kier alpha value is -2.35. The van der Waals surface area contributed by atoms with Crippen LogP contribution in [0.1, 0.15) is 32.3 Å². The van der Waals surface area contributed by atoms with Crippen molar-refractivity contribution in [3.05, 3.63) is 48.3 Å². The van der Waals surface area contributed by atoms with Crippen molar-refractivity contribution in [2.24, 2.45) is 0 Å². The van der Waals surface area contributed by atoms with Gasteiger partial charge in [-0.3, -0.25) is 4.98 Å². The summed E-state index contributed by atoms with van der Waals surface area (Å²) < 4.78 is 21.6. The number of likely N-dealkylation sites (tertiary alicyclic amines) is 1. The molecule has 0 spiro atoms. The van der Waals surface area contributed by atoms with Gasteiger partial charge in [0.05, 0.1) is 17.8 Å². The van der Waals surface area contributed by atoms with E-state index in [1.54, 1.807) is 0 Å². The number of imidazole rings is 1. The normalized spacial score (nSPS) is 18.0. The molecule has 0 N–H and O–H groups in total. The summed E-state index contributed by atoms with van der Waals surface area (Å²) in [5.74, 6) is 1.65. The first-order valence-corrected chi connectivity index (χ1v) is 12.6. The zero-order valence-corrected chi connectivity index (χ0v) is 19.8. The van der Waals surface area contributed by atoms with E-state index in [1.165, 1.54) is 0 Å². The van der Waals surface area contributed by atoms with Gasteiger partial charge in [-0.2, -0.15) is 0 Å². The Labute approximate surface area is 192 Å². The van der Waals surface area contributed by atoms with Crippen LogP contribution in [0.2, 0.25) is 0 Å². The molecule has 1 atom stereocenters. The van der Waals surface area contributed by atoms with Crippen molar-refractivity contribution in [3.8, 4) is 28.5 Å². The monoisotopic (exact) mass is 450 g/mol. The first-order valence-electron chi connectivity index (χ1n) is 11.4. The largest absolute Gasteiger partial charge is 0.611 e. The molecule has 3 aromatic rings. The molecule has 2 aliphatic heterocycles. The lowest BCUT2D eigenvalue weighted by molar-refractivity contribution is 0.186. The Balaban J connectivity index is 1.45. The zero-order valence-electron chi connectivity index (χ0n) is 19.0. The minimum absolute atomic E-state index is 0.196. The van der Waals surface area contributed by atoms with Crippen LogP contribution in [0, 0.1) is 6.92 Å². The third kappa shape index (κ3) is 4.17. The number of nitrogens with zero attached hydrogens (tertiary/aromatic N) is 4. The van der Waals surface area contributed by atoms with Gasteiger partial charge in [-0.1, -0.05) is 0 Å². The maximum atomic E-state index is 13.4. The standard InChI is InChI=1S/C25H30N4O2S/c1-17(2)28-10-7-19(8-11-28)32(30)20-4-5-24-21(15-20)25-27-23(16-29(25)12-13-31-24)22-14-18(3)6-9-26-22/h4-6,9,14-17,19H,7-8,10-13H2,1-3H3. The highest BCUT2D eigenvalue weighted by atomic mass is 32.2. The fourth-order valence-corrected chi connectivity index (χ4v) is 6.05. The molecule has 4 heterocycles. The number of rotatable bonds is 4. The predicted octanol–water partition coefficient (Wildman–Crippen LogP) is 4.29. The molecule has 7 heteroatoms. The van der Waals surface area contributed by atoms with Gasteiger partial charge < -0.3 is 18.8 Å². The Kier molecular flexibility index (Phi) is 5.97. The van der Waals surface area contributed by atoms with E-state index in [0.717, 1.165) is 71.5 Å². The van der Waals surface area contributed by atoms with E-state index in [2.05, 4.69) is 41.3 Å². The first-order chi connectivity index (χ1) is 15.5. The Morgan fingerprint density at radius 3 is 2.66 bits per heavy atom. The number of hydrogen-bond donors (Lipinski definition) is 0. The third-order valence-electron chi connectivity index (χ3n) is 6.48. The van der Waals surface area contributed by atoms with Crippen molar-refractivity contribution in [1.82, 2.24) is 19.4 Å². The van der Waals surface area contributed by atoms with Gasteiger partial charge in [0, 0.05) is 50.4 Å². The van der Waals surface area contributed by atoms with Crippen molar-refractivity contribution in [2.45, 2.75) is 56.3 Å². The number of ether oxygens (including phenoxy) is 1. The van der Waals surface area contributed by atoms with E-state index >= 15 is 0 Å². The van der Waals surface area contributed by atoms with E-state index in [-0.39, 0.29) is 5.25 Å². The molecule has 2 aromatic heterocycles. The first kappa shape index (κ1) is 21.5. The number of fused-ring (bicyclic) bond motifs is 3. The highest BCUT2D eigenvalue weighted by Gasteiger charge is 2.31. The second-order valence-electron chi connectivity index (χ2n) is 8.99. The molecule has 32 heavy (non-hydrogen) atoms. The molecule has 1 saturated heterocycles. The van der Waals surface area contributed by atoms with Gasteiger partial charge in [-0.25, -0.2) is 4.98 Å². The van der Waals surface area contributed by atoms with Crippen LogP contribution in [0.15, 0.2) is 47.6 Å². The number of benzene rings is 1. The number of piperidine rings is 1. The molecule has 1 fully saturated rings. The van der Waals surface area contributed by atoms with Gasteiger partial charge in [0.15, 0.2) is 4.90 Å². The Morgan fingerprint density at radius 2 is 1.91 bits per heavy atom. The lowest BCUT2D eigenvalue weighted by Gasteiger charge is -2.34. The molecule has 2 aliphatic rings. The minimum Gasteiger partial charge on any atom is -0.611 e. The van der Waals surface area contributed by atoms with Crippen LogP contribution in [0.3, 0.4) is 0 Å². The summed E-state index contributed by atoms with van der Waals surface area (Å²) >= 11 is -1.04. The number of aryl methyl sites for hydroxylation is 1. The topological polar surface area (TPSA) is 66.2 Å². The molecule has 0 saturated carbocycles. The van der Waals surface area contributed by atoms with Gasteiger partial charge in [0.1, 0.15) is 29.1 Å². The molecule has 5 rings (SSSR count). The van der Waals surface area contributed by atoms with Crippen molar-refractivity contribution in [1.29, 1.82) is 0 Å². The number of pyridine rings is 1. The van der Waals surface area contributed by atoms with Crippen molar-refractivity contribution in [3.63, 3.8) is 0 Å². The van der Waals surface area contributed by atoms with Crippen LogP contribution in [-0.4, -0.2) is 55.0 Å². The third-order valence-corrected chi connectivity index (χ3v) is 8.27. The summed E-state index contributed by atoms with van der Waals surface area (Å²) in [5, 5.41) is 0.196. The molecule has 0 aliphatic carbocycles. The van der Waals surface area contributed by atoms with Crippen LogP contribution in [0.5, 0.6) is 5.75 Å². The Bertz CT molecular complexity index is 1110. The molecular weight excluding hydrogens is 420 g/mol. The van der Waals surface area contributed by atoms with E-state index in [4.69, 9.17) is 9.72 Å². The molecule has 6 nitrogen and oxygen atoms in total. The van der Waals surface area contributed by atoms with Crippen LogP contribution in [0.25, 0.3) is 22.8 Å². The van der Waals surface area contributed by atoms with Crippen LogP contribution in [-0.2, 0) is 17.7 Å². The zero-order chi connectivity index (χ0) is 22.2. The lowest BCUT2D eigenvalue weighted by Crippen LogP contribution is -2.42. The summed E-state index contributed by atoms with van der Waals surface area (Å²) in [6, 6.07) is 10.5. The number of aromatic nitrogens is 3. The van der Waals surface area contributed by atoms with Crippen LogP contribution in [0.4, 0.5) is 0 Å². The van der Waals surface area contributed by atoms with Gasteiger partial charge in [0.2, 0.25) is 0 Å². The van der Waals surface area contributed by atoms with Crippen molar-refractivity contribution >= 4 is 11.2 Å². The highest BCUT2D eigenvalue weighted by Crippen LogP contribution is 2.37. The van der Waals surface area contributed by atoms with E-state index in [9.17, 15) is 4.55 Å². The summed E-state index contributed by atoms with van der Waals surface area (Å²) in [7, 11) is 0. The molecule has 0 amide bonds. The van der Waals surface area contributed by atoms with Gasteiger partial charge in [0.25, 0.3) is 0 Å².